The van der Waals surface area contributed by atoms with Gasteiger partial charge in [0.25, 0.3) is 0 Å². The van der Waals surface area contributed by atoms with Gasteiger partial charge in [-0.15, -0.1) is 0 Å². The fourth-order valence-electron chi connectivity index (χ4n) is 0.816. The van der Waals surface area contributed by atoms with E-state index in [4.69, 9.17) is 0 Å². The van der Waals surface area contributed by atoms with Gasteiger partial charge in [0.1, 0.15) is 0 Å². The van der Waals surface area contributed by atoms with Crippen LogP contribution in [0.3, 0.4) is 0 Å². The zero-order chi connectivity index (χ0) is 8.10. The molecule has 0 aliphatic carbocycles. The fourth-order valence-corrected chi connectivity index (χ4v) is 1.60. The number of nitrogens with zero attached hydrogens (tertiary/aromatic N) is 2. The summed E-state index contributed by atoms with van der Waals surface area (Å²) in [7, 11) is 2.17. The molecule has 1 heterocycles. The van der Waals surface area contributed by atoms with Crippen molar-refractivity contribution in [3.8, 4) is 0 Å². The Labute approximate surface area is 79.7 Å². The predicted octanol–water partition coefficient (Wildman–Crippen LogP) is -2.54. The quantitative estimate of drug-likeness (QED) is 0.143. The summed E-state index contributed by atoms with van der Waals surface area (Å²) < 4.78 is 3.67. The molecule has 1 aliphatic heterocycles. The van der Waals surface area contributed by atoms with Crippen LogP contribution >= 0.6 is 0 Å². The number of rotatable bonds is 6. The summed E-state index contributed by atoms with van der Waals surface area (Å²) in [6.07, 6.45) is 2.61. The van der Waals surface area contributed by atoms with Gasteiger partial charge in [-0.1, -0.05) is 0 Å². The number of hydrogen-bond donors (Lipinski definition) is 1. The van der Waals surface area contributed by atoms with Crippen molar-refractivity contribution in [2.45, 2.75) is 19.8 Å². The molecule has 0 saturated carbocycles. The average molecular weight is 270 g/mol. The summed E-state index contributed by atoms with van der Waals surface area (Å²) >= 11 is 0.424. The Morgan fingerprint density at radius 1 is 1.64 bits per heavy atom. The number of unbranched alkanes of at least 4 members (excludes halogenated alkanes) is 1. The molecule has 3 nitrogen and oxygen atoms in total. The number of hydrogen-bond acceptors (Lipinski definition) is 3. The second kappa shape index (κ2) is 5.29. The molecule has 4 heteroatoms. The molecule has 1 N–H and O–H groups in total. The van der Waals surface area contributed by atoms with Gasteiger partial charge in [0, 0.05) is 0 Å². The Balaban J connectivity index is 1.87. The van der Waals surface area contributed by atoms with Crippen molar-refractivity contribution in [2.75, 3.05) is 24.8 Å². The zero-order valence-electron chi connectivity index (χ0n) is 7.31. The Kier molecular flexibility index (Phi) is 4.66. The maximum atomic E-state index is 3.37. The SMILES string of the molecule is CCCCN(C)CNN1C[I-]1. The molecule has 1 rings (SSSR count). The van der Waals surface area contributed by atoms with Crippen LogP contribution in [0, 0.1) is 0 Å². The van der Waals surface area contributed by atoms with Crippen LogP contribution in [0.2, 0.25) is 0 Å². The topological polar surface area (TPSA) is 18.3 Å². The number of nitrogens with one attached hydrogen (secondary N) is 1. The average Bonchev–Trinajstić information content (AvgIpc) is 2.80. The molecule has 1 unspecified atom stereocenters. The van der Waals surface area contributed by atoms with Crippen molar-refractivity contribution < 1.29 is 21.5 Å². The van der Waals surface area contributed by atoms with Crippen LogP contribution in [0.4, 0.5) is 0 Å². The maximum absolute atomic E-state index is 3.37. The molecular formula is C7H17IN3-. The monoisotopic (exact) mass is 270 g/mol. The van der Waals surface area contributed by atoms with Gasteiger partial charge >= 0.3 is 79.6 Å². The van der Waals surface area contributed by atoms with Gasteiger partial charge in [0.15, 0.2) is 0 Å². The first-order chi connectivity index (χ1) is 5.33. The van der Waals surface area contributed by atoms with Crippen LogP contribution < -0.4 is 26.9 Å². The minimum absolute atomic E-state index is 0.424. The molecule has 1 atom stereocenters. The van der Waals surface area contributed by atoms with E-state index in [1.165, 1.54) is 23.9 Å². The molecule has 1 aliphatic rings. The van der Waals surface area contributed by atoms with E-state index in [1.807, 2.05) is 0 Å². The zero-order valence-corrected chi connectivity index (χ0v) is 9.47. The van der Waals surface area contributed by atoms with Crippen LogP contribution in [0.5, 0.6) is 0 Å². The van der Waals surface area contributed by atoms with E-state index >= 15 is 0 Å². The summed E-state index contributed by atoms with van der Waals surface area (Å²) in [5.74, 6) is 0. The molecule has 0 aromatic carbocycles. The summed E-state index contributed by atoms with van der Waals surface area (Å²) in [5, 5.41) is 0. The van der Waals surface area contributed by atoms with E-state index < -0.39 is 0 Å². The molecule has 0 bridgehead atoms. The Morgan fingerprint density at radius 2 is 2.36 bits per heavy atom. The van der Waals surface area contributed by atoms with Gasteiger partial charge in [-0.3, -0.25) is 0 Å². The third-order valence-corrected chi connectivity index (χ3v) is 3.35. The van der Waals surface area contributed by atoms with Crippen molar-refractivity contribution in [3.63, 3.8) is 0 Å². The van der Waals surface area contributed by atoms with Crippen molar-refractivity contribution in [3.05, 3.63) is 0 Å². The molecule has 0 spiro atoms. The fraction of sp³-hybridized carbons (Fsp3) is 1.00. The normalized spacial score (nSPS) is 23.4. The molecular weight excluding hydrogens is 253 g/mol. The van der Waals surface area contributed by atoms with Crippen molar-refractivity contribution >= 4 is 0 Å². The van der Waals surface area contributed by atoms with Gasteiger partial charge < -0.3 is 0 Å². The summed E-state index contributed by atoms with van der Waals surface area (Å²) in [6, 6.07) is 0. The van der Waals surface area contributed by atoms with E-state index in [-0.39, 0.29) is 0 Å². The van der Waals surface area contributed by atoms with Crippen LogP contribution in [-0.2, 0) is 0 Å². The van der Waals surface area contributed by atoms with Crippen molar-refractivity contribution in [1.82, 2.24) is 13.5 Å². The van der Waals surface area contributed by atoms with Crippen LogP contribution in [0.15, 0.2) is 0 Å². The first kappa shape index (κ1) is 9.70. The first-order valence-corrected chi connectivity index (χ1v) is 6.61. The molecule has 0 amide bonds. The molecule has 1 fully saturated rings. The van der Waals surface area contributed by atoms with E-state index in [1.54, 1.807) is 0 Å². The second-order valence-electron chi connectivity index (χ2n) is 2.85. The standard InChI is InChI=1S/C7H17IN3/c1-3-4-5-10(2)7-9-11-6-8-11/h9H,3-7H2,1-2H3/q-1. The second-order valence-corrected chi connectivity index (χ2v) is 5.38. The van der Waals surface area contributed by atoms with E-state index in [0.717, 1.165) is 6.67 Å². The number of halogens is 1. The Bertz CT molecular complexity index is 106. The van der Waals surface area contributed by atoms with Crippen LogP contribution in [-0.4, -0.2) is 32.9 Å². The molecule has 0 radical (unpaired) electrons. The van der Waals surface area contributed by atoms with E-state index in [0.29, 0.717) is 21.5 Å². The van der Waals surface area contributed by atoms with E-state index in [2.05, 4.69) is 27.5 Å². The first-order valence-electron chi connectivity index (χ1n) is 4.12. The number of alkyl halides is 1. The minimum atomic E-state index is 0.424. The van der Waals surface area contributed by atoms with Crippen LogP contribution in [0.25, 0.3) is 0 Å². The van der Waals surface area contributed by atoms with Crippen molar-refractivity contribution in [1.29, 1.82) is 0 Å². The Hall–Kier alpha value is 0.610. The van der Waals surface area contributed by atoms with Crippen molar-refractivity contribution in [2.24, 2.45) is 0 Å². The van der Waals surface area contributed by atoms with Gasteiger partial charge in [0.05, 0.1) is 0 Å². The van der Waals surface area contributed by atoms with Gasteiger partial charge in [-0.2, -0.15) is 0 Å². The van der Waals surface area contributed by atoms with E-state index in [9.17, 15) is 0 Å². The van der Waals surface area contributed by atoms with Gasteiger partial charge in [-0.05, 0) is 0 Å². The molecule has 0 aromatic heterocycles. The predicted molar refractivity (Wildman–Crippen MR) is 42.2 cm³/mol. The summed E-state index contributed by atoms with van der Waals surface area (Å²) in [5.41, 5.74) is 3.37. The third-order valence-electron chi connectivity index (χ3n) is 1.64. The number of hydrazine groups is 1. The summed E-state index contributed by atoms with van der Waals surface area (Å²) in [6.45, 7) is 4.48. The Morgan fingerprint density at radius 3 is 2.91 bits per heavy atom. The molecule has 68 valence electrons. The van der Waals surface area contributed by atoms with Gasteiger partial charge in [0.2, 0.25) is 0 Å². The summed E-state index contributed by atoms with van der Waals surface area (Å²) in [4.78, 5) is 2.34. The van der Waals surface area contributed by atoms with Crippen LogP contribution in [0.1, 0.15) is 19.8 Å². The molecule has 0 aromatic rings. The van der Waals surface area contributed by atoms with Gasteiger partial charge in [-0.25, -0.2) is 0 Å². The third kappa shape index (κ3) is 4.95. The molecule has 1 saturated heterocycles. The molecule has 11 heavy (non-hydrogen) atoms.